The molecule has 1 atom stereocenters. The van der Waals surface area contributed by atoms with Crippen molar-refractivity contribution in [3.8, 4) is 5.75 Å². The van der Waals surface area contributed by atoms with Crippen molar-refractivity contribution in [3.05, 3.63) is 34.6 Å². The zero-order valence-corrected chi connectivity index (χ0v) is 14.1. The summed E-state index contributed by atoms with van der Waals surface area (Å²) in [4.78, 5) is 11.6. The molecule has 0 aromatic heterocycles. The third-order valence-corrected chi connectivity index (χ3v) is 3.94. The fourth-order valence-electron chi connectivity index (χ4n) is 1.82. The summed E-state index contributed by atoms with van der Waals surface area (Å²) in [6, 6.07) is 4.97. The number of hydrogen-bond donors (Lipinski definition) is 0. The van der Waals surface area contributed by atoms with Crippen LogP contribution in [0.15, 0.2) is 24.0 Å². The van der Waals surface area contributed by atoms with Gasteiger partial charge in [0.25, 0.3) is 0 Å². The van der Waals surface area contributed by atoms with E-state index in [9.17, 15) is 9.46 Å². The molecule has 1 aromatic rings. The first-order chi connectivity index (χ1) is 8.02. The van der Waals surface area contributed by atoms with Crippen molar-refractivity contribution in [2.45, 2.75) is 26.2 Å². The van der Waals surface area contributed by atoms with Crippen LogP contribution in [0.3, 0.4) is 0 Å². The van der Waals surface area contributed by atoms with Gasteiger partial charge in [0.1, 0.15) is 5.75 Å². The van der Waals surface area contributed by atoms with Gasteiger partial charge < -0.3 is 9.42 Å². The Morgan fingerprint density at radius 1 is 1.44 bits per heavy atom. The number of fused-ring (bicyclic) bond motifs is 1. The molecule has 0 spiro atoms. The fraction of sp³-hybridized carbons (Fsp3) is 0.333. The minimum absolute atomic E-state index is 0. The molecule has 3 nitrogen and oxygen atoms in total. The Morgan fingerprint density at radius 3 is 2.83 bits per heavy atom. The first kappa shape index (κ1) is 16.3. The maximum atomic E-state index is 11.6. The van der Waals surface area contributed by atoms with E-state index < -0.39 is 7.60 Å². The first-order valence-electron chi connectivity index (χ1n) is 5.54. The smallest absolute Gasteiger partial charge is 0.766 e. The average Bonchev–Trinajstić information content (AvgIpc) is 2.26. The van der Waals surface area contributed by atoms with Crippen molar-refractivity contribution in [1.82, 2.24) is 0 Å². The monoisotopic (exact) mass is 294 g/mol. The molecule has 1 aromatic carbocycles. The van der Waals surface area contributed by atoms with Crippen molar-refractivity contribution >= 4 is 24.8 Å². The second-order valence-corrected chi connectivity index (χ2v) is 5.99. The van der Waals surface area contributed by atoms with Gasteiger partial charge in [0, 0.05) is 16.4 Å². The van der Waals surface area contributed by atoms with Gasteiger partial charge in [-0.25, -0.2) is 0 Å². The van der Waals surface area contributed by atoms with Crippen LogP contribution >= 0.6 is 19.2 Å². The summed E-state index contributed by atoms with van der Waals surface area (Å²) in [5, 5.41) is 0.581. The minimum Gasteiger partial charge on any atom is -0.766 e. The Kier molecular flexibility index (Phi) is 5.98. The van der Waals surface area contributed by atoms with Crippen LogP contribution in [0, 0.1) is 0 Å². The molecule has 0 amide bonds. The van der Waals surface area contributed by atoms with Crippen molar-refractivity contribution in [1.29, 1.82) is 0 Å². The van der Waals surface area contributed by atoms with E-state index in [1.807, 2.05) is 0 Å². The van der Waals surface area contributed by atoms with Gasteiger partial charge in [-0.2, -0.15) is 0 Å². The van der Waals surface area contributed by atoms with E-state index in [-0.39, 0.29) is 29.6 Å². The zero-order valence-electron chi connectivity index (χ0n) is 10.5. The van der Waals surface area contributed by atoms with Crippen LogP contribution in [0.25, 0.3) is 5.57 Å². The van der Waals surface area contributed by atoms with Crippen LogP contribution in [-0.4, -0.2) is 0 Å². The molecule has 0 saturated carbocycles. The summed E-state index contributed by atoms with van der Waals surface area (Å²) in [6.45, 7) is 2.07. The predicted molar refractivity (Wildman–Crippen MR) is 67.2 cm³/mol. The van der Waals surface area contributed by atoms with Crippen LogP contribution in [0.5, 0.6) is 5.75 Å². The predicted octanol–water partition coefficient (Wildman–Crippen LogP) is 0.821. The summed E-state index contributed by atoms with van der Waals surface area (Å²) in [7, 11) is -3.89. The molecule has 0 fully saturated rings. The summed E-state index contributed by atoms with van der Waals surface area (Å²) >= 11 is 5.92. The molecular formula is C12H13ClNaO3P. The van der Waals surface area contributed by atoms with Crippen molar-refractivity contribution in [2.75, 3.05) is 0 Å². The van der Waals surface area contributed by atoms with E-state index >= 15 is 0 Å². The Labute approximate surface area is 134 Å². The molecule has 0 bridgehead atoms. The van der Waals surface area contributed by atoms with Gasteiger partial charge in [0.2, 0.25) is 7.60 Å². The maximum absolute atomic E-state index is 11.6. The third-order valence-electron chi connectivity index (χ3n) is 2.63. The molecule has 92 valence electrons. The second kappa shape index (κ2) is 6.60. The summed E-state index contributed by atoms with van der Waals surface area (Å²) in [6.07, 6.45) is 2.68. The number of benzene rings is 1. The van der Waals surface area contributed by atoms with Crippen LogP contribution < -0.4 is 39.0 Å². The van der Waals surface area contributed by atoms with Crippen molar-refractivity contribution < 1.29 is 43.5 Å². The first-order valence-corrected chi connectivity index (χ1v) is 7.53. The molecule has 0 aliphatic carbocycles. The van der Waals surface area contributed by atoms with Gasteiger partial charge in [-0.05, 0) is 36.6 Å². The number of unbranched alkanes of at least 4 members (excludes halogenated alkanes) is 1. The van der Waals surface area contributed by atoms with Gasteiger partial charge >= 0.3 is 29.6 Å². The zero-order chi connectivity index (χ0) is 12.5. The van der Waals surface area contributed by atoms with E-state index in [1.54, 1.807) is 18.2 Å². The average molecular weight is 295 g/mol. The van der Waals surface area contributed by atoms with Gasteiger partial charge in [-0.15, -0.1) is 0 Å². The van der Waals surface area contributed by atoms with Crippen LogP contribution in [-0.2, 0) is 4.57 Å². The molecule has 1 aliphatic heterocycles. The molecule has 0 N–H and O–H groups in total. The Bertz CT molecular complexity index is 516. The second-order valence-electron chi connectivity index (χ2n) is 4.03. The molecule has 0 saturated heterocycles. The molecule has 0 radical (unpaired) electrons. The minimum atomic E-state index is -3.89. The van der Waals surface area contributed by atoms with Crippen molar-refractivity contribution in [3.63, 3.8) is 0 Å². The number of allylic oxidation sites excluding steroid dienone is 1. The molecule has 1 unspecified atom stereocenters. The fourth-order valence-corrected chi connectivity index (χ4v) is 3.13. The molecule has 2 rings (SSSR count). The number of hydrogen-bond acceptors (Lipinski definition) is 3. The molecular weight excluding hydrogens is 282 g/mol. The molecule has 6 heteroatoms. The summed E-state index contributed by atoms with van der Waals surface area (Å²) < 4.78 is 16.5. The summed E-state index contributed by atoms with van der Waals surface area (Å²) in [5.41, 5.74) is 1.57. The van der Waals surface area contributed by atoms with E-state index in [1.165, 1.54) is 5.82 Å². The van der Waals surface area contributed by atoms with Gasteiger partial charge in [0.15, 0.2) is 0 Å². The Hall–Kier alpha value is 0.240. The van der Waals surface area contributed by atoms with E-state index in [4.69, 9.17) is 16.1 Å². The summed E-state index contributed by atoms with van der Waals surface area (Å²) in [5.74, 6) is 1.60. The Balaban J connectivity index is 0.00000162. The number of rotatable bonds is 3. The Morgan fingerprint density at radius 2 is 2.17 bits per heavy atom. The topological polar surface area (TPSA) is 49.4 Å². The standard InChI is InChI=1S/C12H14ClO3P.Na/c1-2-3-4-9-8-17(14,15)16-12-6-5-10(13)7-11(9)12;/h5-8H,2-4H2,1H3,(H,14,15);/q;+1/p-1. The quantitative estimate of drug-likeness (QED) is 0.613. The van der Waals surface area contributed by atoms with Gasteiger partial charge in [0.05, 0.1) is 0 Å². The maximum Gasteiger partial charge on any atom is 1.00 e. The van der Waals surface area contributed by atoms with Crippen LogP contribution in [0.4, 0.5) is 0 Å². The van der Waals surface area contributed by atoms with Crippen LogP contribution in [0.1, 0.15) is 31.7 Å². The third kappa shape index (κ3) is 3.86. The normalized spacial score (nSPS) is 21.4. The van der Waals surface area contributed by atoms with E-state index in [0.29, 0.717) is 10.8 Å². The van der Waals surface area contributed by atoms with Crippen molar-refractivity contribution in [2.24, 2.45) is 0 Å². The SMILES string of the molecule is CCCCC1=CP(=O)([O-])Oc2ccc(Cl)cc21.[Na+]. The van der Waals surface area contributed by atoms with Gasteiger partial charge in [-0.1, -0.05) is 24.9 Å². The van der Waals surface area contributed by atoms with Gasteiger partial charge in [-0.3, -0.25) is 4.57 Å². The van der Waals surface area contributed by atoms with E-state index in [2.05, 4.69) is 6.92 Å². The molecule has 1 heterocycles. The van der Waals surface area contributed by atoms with E-state index in [0.717, 1.165) is 30.4 Å². The molecule has 18 heavy (non-hydrogen) atoms. The van der Waals surface area contributed by atoms with Crippen LogP contribution in [0.2, 0.25) is 5.02 Å². The number of halogens is 1. The largest absolute Gasteiger partial charge is 1.00 e. The molecule has 1 aliphatic rings.